The molecule has 2 rings (SSSR count). The van der Waals surface area contributed by atoms with E-state index in [0.717, 1.165) is 26.8 Å². The lowest BCUT2D eigenvalue weighted by Gasteiger charge is -2.08. The van der Waals surface area contributed by atoms with E-state index in [1.54, 1.807) is 11.8 Å². The summed E-state index contributed by atoms with van der Waals surface area (Å²) in [5.41, 5.74) is 7.05. The Hall–Kier alpha value is -0.850. The number of benzene rings is 1. The van der Waals surface area contributed by atoms with Crippen molar-refractivity contribution in [2.75, 3.05) is 0 Å². The van der Waals surface area contributed by atoms with E-state index in [4.69, 9.17) is 5.73 Å². The van der Waals surface area contributed by atoms with E-state index in [2.05, 4.69) is 44.3 Å². The van der Waals surface area contributed by atoms with Crippen molar-refractivity contribution in [1.82, 2.24) is 14.8 Å². The summed E-state index contributed by atoms with van der Waals surface area (Å²) in [6, 6.07) is 6.50. The molecule has 6 heteroatoms. The summed E-state index contributed by atoms with van der Waals surface area (Å²) in [6.07, 6.45) is 0.882. The van der Waals surface area contributed by atoms with E-state index in [9.17, 15) is 0 Å². The number of halogens is 1. The molecule has 1 unspecified atom stereocenters. The van der Waals surface area contributed by atoms with Crippen LogP contribution in [0.3, 0.4) is 0 Å². The van der Waals surface area contributed by atoms with Gasteiger partial charge in [0.1, 0.15) is 5.82 Å². The maximum absolute atomic E-state index is 5.82. The van der Waals surface area contributed by atoms with Gasteiger partial charge in [0, 0.05) is 22.5 Å². The molecule has 0 amide bonds. The molecular formula is C13H17BrN4S. The van der Waals surface area contributed by atoms with Crippen molar-refractivity contribution >= 4 is 27.7 Å². The molecule has 2 N–H and O–H groups in total. The number of hydrogen-bond acceptors (Lipinski definition) is 4. The Morgan fingerprint density at radius 3 is 2.68 bits per heavy atom. The molecule has 0 bridgehead atoms. The SMILES string of the molecule is Cc1nnc(Sc2ccc(CC(C)N)cc2Br)n1C. The lowest BCUT2D eigenvalue weighted by atomic mass is 10.1. The zero-order valence-corrected chi connectivity index (χ0v) is 13.6. The van der Waals surface area contributed by atoms with Gasteiger partial charge in [0.15, 0.2) is 5.16 Å². The molecule has 0 saturated carbocycles. The standard InChI is InChI=1S/C13H17BrN4S/c1-8(15)6-10-4-5-12(11(14)7-10)19-13-17-16-9(2)18(13)3/h4-5,7-8H,6,15H2,1-3H3. The highest BCUT2D eigenvalue weighted by molar-refractivity contribution is 9.10. The minimum absolute atomic E-state index is 0.173. The predicted molar refractivity (Wildman–Crippen MR) is 81.4 cm³/mol. The molecule has 2 aromatic rings. The zero-order valence-electron chi connectivity index (χ0n) is 11.2. The van der Waals surface area contributed by atoms with Gasteiger partial charge in [-0.2, -0.15) is 0 Å². The molecule has 0 fully saturated rings. The third-order valence-electron chi connectivity index (χ3n) is 2.81. The van der Waals surface area contributed by atoms with E-state index in [1.807, 2.05) is 25.5 Å². The fraction of sp³-hybridized carbons (Fsp3) is 0.385. The highest BCUT2D eigenvalue weighted by atomic mass is 79.9. The second-order valence-electron chi connectivity index (χ2n) is 4.64. The zero-order chi connectivity index (χ0) is 14.0. The largest absolute Gasteiger partial charge is 0.328 e. The van der Waals surface area contributed by atoms with Crippen LogP contribution in [0.2, 0.25) is 0 Å². The average Bonchev–Trinajstić information content (AvgIpc) is 2.64. The van der Waals surface area contributed by atoms with Crippen LogP contribution in [0.5, 0.6) is 0 Å². The molecule has 1 aromatic heterocycles. The molecule has 1 aromatic carbocycles. The van der Waals surface area contributed by atoms with Crippen molar-refractivity contribution in [3.05, 3.63) is 34.1 Å². The Morgan fingerprint density at radius 2 is 2.16 bits per heavy atom. The summed E-state index contributed by atoms with van der Waals surface area (Å²) < 4.78 is 3.05. The number of aryl methyl sites for hydroxylation is 1. The number of aromatic nitrogens is 3. The molecule has 1 heterocycles. The van der Waals surface area contributed by atoms with Gasteiger partial charge < -0.3 is 10.3 Å². The summed E-state index contributed by atoms with van der Waals surface area (Å²) in [5.74, 6) is 0.909. The molecule has 1 atom stereocenters. The third kappa shape index (κ3) is 3.58. The van der Waals surface area contributed by atoms with Crippen LogP contribution in [0.15, 0.2) is 32.7 Å². The molecule has 0 aliphatic carbocycles. The molecule has 4 nitrogen and oxygen atoms in total. The molecule has 19 heavy (non-hydrogen) atoms. The lowest BCUT2D eigenvalue weighted by molar-refractivity contribution is 0.737. The third-order valence-corrected chi connectivity index (χ3v) is 4.84. The van der Waals surface area contributed by atoms with Gasteiger partial charge in [-0.25, -0.2) is 0 Å². The normalized spacial score (nSPS) is 12.7. The second kappa shape index (κ2) is 6.07. The first-order chi connectivity index (χ1) is 8.97. The Balaban J connectivity index is 2.20. The Kier molecular flexibility index (Phi) is 4.65. The van der Waals surface area contributed by atoms with Gasteiger partial charge in [-0.3, -0.25) is 0 Å². The summed E-state index contributed by atoms with van der Waals surface area (Å²) in [7, 11) is 1.97. The van der Waals surface area contributed by atoms with Crippen molar-refractivity contribution in [3.63, 3.8) is 0 Å². The van der Waals surface area contributed by atoms with Crippen LogP contribution < -0.4 is 5.73 Å². The molecule has 0 aliphatic heterocycles. The van der Waals surface area contributed by atoms with E-state index in [-0.39, 0.29) is 6.04 Å². The highest BCUT2D eigenvalue weighted by Crippen LogP contribution is 2.33. The fourth-order valence-corrected chi connectivity index (χ4v) is 3.21. The Morgan fingerprint density at radius 1 is 1.42 bits per heavy atom. The summed E-state index contributed by atoms with van der Waals surface area (Å²) >= 11 is 5.21. The van der Waals surface area contributed by atoms with Crippen LogP contribution in [0.1, 0.15) is 18.3 Å². The highest BCUT2D eigenvalue weighted by Gasteiger charge is 2.10. The monoisotopic (exact) mass is 340 g/mol. The van der Waals surface area contributed by atoms with Crippen molar-refractivity contribution in [3.8, 4) is 0 Å². The Labute approximate surface area is 125 Å². The van der Waals surface area contributed by atoms with Gasteiger partial charge in [-0.05, 0) is 65.7 Å². The summed E-state index contributed by atoms with van der Waals surface area (Å²) in [6.45, 7) is 3.96. The van der Waals surface area contributed by atoms with E-state index in [1.165, 1.54) is 5.56 Å². The van der Waals surface area contributed by atoms with E-state index in [0.29, 0.717) is 0 Å². The van der Waals surface area contributed by atoms with Crippen molar-refractivity contribution in [2.24, 2.45) is 12.8 Å². The predicted octanol–water partition coefficient (Wildman–Crippen LogP) is 2.93. The second-order valence-corrected chi connectivity index (χ2v) is 6.50. The number of rotatable bonds is 4. The molecule has 0 saturated heterocycles. The van der Waals surface area contributed by atoms with Crippen molar-refractivity contribution in [2.45, 2.75) is 36.4 Å². The van der Waals surface area contributed by atoms with Gasteiger partial charge in [0.05, 0.1) is 0 Å². The summed E-state index contributed by atoms with van der Waals surface area (Å²) in [4.78, 5) is 1.13. The minimum Gasteiger partial charge on any atom is -0.328 e. The van der Waals surface area contributed by atoms with Crippen LogP contribution in [-0.4, -0.2) is 20.8 Å². The van der Waals surface area contributed by atoms with Gasteiger partial charge in [0.25, 0.3) is 0 Å². The first-order valence-corrected chi connectivity index (χ1v) is 7.66. The van der Waals surface area contributed by atoms with Gasteiger partial charge in [0.2, 0.25) is 0 Å². The molecular weight excluding hydrogens is 324 g/mol. The van der Waals surface area contributed by atoms with Gasteiger partial charge in [-0.1, -0.05) is 6.07 Å². The summed E-state index contributed by atoms with van der Waals surface area (Å²) in [5, 5.41) is 9.10. The number of hydrogen-bond donors (Lipinski definition) is 1. The molecule has 0 spiro atoms. The maximum atomic E-state index is 5.82. The van der Waals surface area contributed by atoms with Gasteiger partial charge in [-0.15, -0.1) is 10.2 Å². The smallest absolute Gasteiger partial charge is 0.195 e. The van der Waals surface area contributed by atoms with Crippen LogP contribution in [0.25, 0.3) is 0 Å². The number of nitrogens with two attached hydrogens (primary N) is 1. The van der Waals surface area contributed by atoms with Crippen molar-refractivity contribution in [1.29, 1.82) is 0 Å². The van der Waals surface area contributed by atoms with Crippen LogP contribution in [0.4, 0.5) is 0 Å². The molecule has 102 valence electrons. The van der Waals surface area contributed by atoms with Crippen LogP contribution >= 0.6 is 27.7 Å². The van der Waals surface area contributed by atoms with E-state index < -0.39 is 0 Å². The topological polar surface area (TPSA) is 56.7 Å². The van der Waals surface area contributed by atoms with Crippen LogP contribution in [-0.2, 0) is 13.5 Å². The average molecular weight is 341 g/mol. The molecule has 0 aliphatic rings. The van der Waals surface area contributed by atoms with Crippen LogP contribution in [0, 0.1) is 6.92 Å². The Bertz CT molecular complexity index is 580. The quantitative estimate of drug-likeness (QED) is 0.929. The lowest BCUT2D eigenvalue weighted by Crippen LogP contribution is -2.17. The fourth-order valence-electron chi connectivity index (χ4n) is 1.70. The minimum atomic E-state index is 0.173. The van der Waals surface area contributed by atoms with Crippen molar-refractivity contribution < 1.29 is 0 Å². The first kappa shape index (κ1) is 14.6. The molecule has 0 radical (unpaired) electrons. The number of nitrogens with zero attached hydrogens (tertiary/aromatic N) is 3. The van der Waals surface area contributed by atoms with E-state index >= 15 is 0 Å². The van der Waals surface area contributed by atoms with Gasteiger partial charge >= 0.3 is 0 Å². The maximum Gasteiger partial charge on any atom is 0.195 e. The first-order valence-electron chi connectivity index (χ1n) is 6.05.